The Kier molecular flexibility index (Phi) is 7.55. The van der Waals surface area contributed by atoms with Crippen LogP contribution in [-0.4, -0.2) is 56.7 Å². The predicted molar refractivity (Wildman–Crippen MR) is 106 cm³/mol. The van der Waals surface area contributed by atoms with Gasteiger partial charge in [-0.1, -0.05) is 50.0 Å². The van der Waals surface area contributed by atoms with Crippen LogP contribution in [0, 0.1) is 5.92 Å². The van der Waals surface area contributed by atoms with E-state index in [1.807, 2.05) is 6.07 Å². The molecule has 1 aromatic carbocycles. The van der Waals surface area contributed by atoms with Gasteiger partial charge in [0.25, 0.3) is 0 Å². The molecule has 0 radical (unpaired) electrons. The third-order valence-corrected chi connectivity index (χ3v) is 6.27. The van der Waals surface area contributed by atoms with Crippen LogP contribution in [0.2, 0.25) is 25.7 Å². The van der Waals surface area contributed by atoms with Gasteiger partial charge >= 0.3 is 18.0 Å². The van der Waals surface area contributed by atoms with Gasteiger partial charge in [-0.2, -0.15) is 0 Å². The summed E-state index contributed by atoms with van der Waals surface area (Å²) in [5.41, 5.74) is 0.728. The van der Waals surface area contributed by atoms with Gasteiger partial charge in [-0.05, 0) is 11.6 Å². The Morgan fingerprint density at radius 1 is 1.07 bits per heavy atom. The molecule has 2 amide bonds. The molecule has 0 aromatic heterocycles. The lowest BCUT2D eigenvalue weighted by atomic mass is 10.0. The smallest absolute Gasteiger partial charge is 0.417 e. The molecule has 8 nitrogen and oxygen atoms in total. The molecule has 2 rings (SSSR count). The number of methoxy groups -OCH3 is 1. The van der Waals surface area contributed by atoms with Crippen LogP contribution in [-0.2, 0) is 35.2 Å². The highest BCUT2D eigenvalue weighted by atomic mass is 28.3. The van der Waals surface area contributed by atoms with Gasteiger partial charge in [0.1, 0.15) is 6.61 Å². The monoisotopic (exact) mass is 421 g/mol. The molecular weight excluding hydrogens is 394 g/mol. The second-order valence-electron chi connectivity index (χ2n) is 8.06. The highest BCUT2D eigenvalue weighted by Gasteiger charge is 2.52. The number of benzene rings is 1. The molecule has 1 fully saturated rings. The van der Waals surface area contributed by atoms with E-state index in [2.05, 4.69) is 19.6 Å². The van der Waals surface area contributed by atoms with E-state index in [9.17, 15) is 19.2 Å². The zero-order valence-corrected chi connectivity index (χ0v) is 18.2. The van der Waals surface area contributed by atoms with Crippen molar-refractivity contribution in [1.29, 1.82) is 0 Å². The second kappa shape index (κ2) is 9.68. The van der Waals surface area contributed by atoms with Crippen molar-refractivity contribution in [2.24, 2.45) is 5.92 Å². The van der Waals surface area contributed by atoms with Crippen LogP contribution < -0.4 is 0 Å². The van der Waals surface area contributed by atoms with Gasteiger partial charge in [0, 0.05) is 14.5 Å². The lowest BCUT2D eigenvalue weighted by Gasteiger charge is -2.24. The Hall–Kier alpha value is -2.68. The molecule has 1 aromatic rings. The maximum atomic E-state index is 12.7. The lowest BCUT2D eigenvalue weighted by Crippen LogP contribution is -2.47. The molecule has 29 heavy (non-hydrogen) atoms. The maximum absolute atomic E-state index is 12.7. The minimum Gasteiger partial charge on any atom is -0.469 e. The van der Waals surface area contributed by atoms with Crippen LogP contribution in [0.4, 0.5) is 4.79 Å². The fraction of sp³-hybridized carbons (Fsp3) is 0.500. The summed E-state index contributed by atoms with van der Waals surface area (Å²) in [5, 5.41) is 0. The molecule has 2 atom stereocenters. The largest absolute Gasteiger partial charge is 0.469 e. The van der Waals surface area contributed by atoms with E-state index in [-0.39, 0.29) is 19.6 Å². The summed E-state index contributed by atoms with van der Waals surface area (Å²) >= 11 is 0. The number of hydrogen-bond donors (Lipinski definition) is 0. The molecule has 158 valence electrons. The number of hydrogen-bond acceptors (Lipinski definition) is 7. The van der Waals surface area contributed by atoms with Crippen LogP contribution in [0.3, 0.4) is 0 Å². The Morgan fingerprint density at radius 3 is 2.31 bits per heavy atom. The van der Waals surface area contributed by atoms with Crippen LogP contribution in [0.25, 0.3) is 0 Å². The Labute approximate surface area is 171 Å². The number of amides is 2. The number of carbonyl (C=O) groups is 4. The third-order valence-electron chi connectivity index (χ3n) is 4.57. The van der Waals surface area contributed by atoms with Crippen LogP contribution in [0.1, 0.15) is 12.0 Å². The molecule has 0 saturated carbocycles. The highest BCUT2D eigenvalue weighted by molar-refractivity contribution is 6.76. The maximum Gasteiger partial charge on any atom is 0.417 e. The van der Waals surface area contributed by atoms with Crippen LogP contribution in [0.15, 0.2) is 30.3 Å². The number of imide groups is 1. The van der Waals surface area contributed by atoms with Gasteiger partial charge in [0.2, 0.25) is 5.91 Å². The molecular formula is C20H27NO7Si. The Bertz CT molecular complexity index is 760. The van der Waals surface area contributed by atoms with Crippen molar-refractivity contribution in [3.63, 3.8) is 0 Å². The standard InChI is InChI=1S/C20H27NO7Si/c1-26-18(23)15-12-16(22)21(17(15)19(24)27-10-11-29(2,3)4)20(25)28-13-14-8-6-5-7-9-14/h5-9,15,17H,10-13H2,1-4H3/t15-,17+/m1/s1. The van der Waals surface area contributed by atoms with Crippen molar-refractivity contribution in [3.8, 4) is 0 Å². The quantitative estimate of drug-likeness (QED) is 0.379. The molecule has 0 bridgehead atoms. The summed E-state index contributed by atoms with van der Waals surface area (Å²) < 4.78 is 15.2. The van der Waals surface area contributed by atoms with E-state index in [0.29, 0.717) is 4.90 Å². The van der Waals surface area contributed by atoms with Gasteiger partial charge in [-0.3, -0.25) is 9.59 Å². The van der Waals surface area contributed by atoms with Crippen LogP contribution >= 0.6 is 0 Å². The molecule has 0 aliphatic carbocycles. The molecule has 1 saturated heterocycles. The highest BCUT2D eigenvalue weighted by Crippen LogP contribution is 2.29. The number of esters is 2. The SMILES string of the molecule is COC(=O)[C@@H]1CC(=O)N(C(=O)OCc2ccccc2)[C@@H]1C(=O)OCC[Si](C)(C)C. The van der Waals surface area contributed by atoms with Crippen molar-refractivity contribution in [2.45, 2.75) is 44.8 Å². The van der Waals surface area contributed by atoms with Gasteiger partial charge in [0.05, 0.1) is 19.6 Å². The molecule has 1 aliphatic heterocycles. The first kappa shape index (κ1) is 22.6. The van der Waals surface area contributed by atoms with Crippen molar-refractivity contribution >= 4 is 32.0 Å². The zero-order chi connectivity index (χ0) is 21.6. The Morgan fingerprint density at radius 2 is 1.72 bits per heavy atom. The van der Waals surface area contributed by atoms with E-state index in [1.165, 1.54) is 0 Å². The summed E-state index contributed by atoms with van der Waals surface area (Å²) in [5.74, 6) is -3.34. The van der Waals surface area contributed by atoms with Crippen molar-refractivity contribution in [2.75, 3.05) is 13.7 Å². The molecule has 1 heterocycles. The first-order chi connectivity index (χ1) is 13.6. The van der Waals surface area contributed by atoms with Crippen LogP contribution in [0.5, 0.6) is 0 Å². The molecule has 1 aliphatic rings. The topological polar surface area (TPSA) is 99.2 Å². The van der Waals surface area contributed by atoms with Crippen molar-refractivity contribution in [1.82, 2.24) is 4.90 Å². The van der Waals surface area contributed by atoms with E-state index >= 15 is 0 Å². The third kappa shape index (κ3) is 6.15. The fourth-order valence-corrected chi connectivity index (χ4v) is 3.63. The first-order valence-corrected chi connectivity index (χ1v) is 13.1. The zero-order valence-electron chi connectivity index (χ0n) is 17.2. The minimum absolute atomic E-state index is 0.0657. The van der Waals surface area contributed by atoms with Gasteiger partial charge in [-0.15, -0.1) is 0 Å². The number of likely N-dealkylation sites (tertiary alicyclic amines) is 1. The van der Waals surface area contributed by atoms with E-state index < -0.39 is 44.0 Å². The van der Waals surface area contributed by atoms with E-state index in [0.717, 1.165) is 18.7 Å². The van der Waals surface area contributed by atoms with Gasteiger partial charge in [0.15, 0.2) is 6.04 Å². The van der Waals surface area contributed by atoms with E-state index in [1.54, 1.807) is 24.3 Å². The summed E-state index contributed by atoms with van der Waals surface area (Å²) in [4.78, 5) is 50.4. The number of ether oxygens (including phenoxy) is 3. The lowest BCUT2D eigenvalue weighted by molar-refractivity contribution is -0.157. The molecule has 0 unspecified atom stereocenters. The normalized spacial score (nSPS) is 19.0. The first-order valence-electron chi connectivity index (χ1n) is 9.41. The van der Waals surface area contributed by atoms with Gasteiger partial charge < -0.3 is 14.2 Å². The van der Waals surface area contributed by atoms with Crippen molar-refractivity contribution in [3.05, 3.63) is 35.9 Å². The molecule has 0 N–H and O–H groups in total. The average Bonchev–Trinajstić information content (AvgIpc) is 3.02. The summed E-state index contributed by atoms with van der Waals surface area (Å²) in [6.07, 6.45) is -1.31. The number of carbonyl (C=O) groups excluding carboxylic acids is 4. The average molecular weight is 422 g/mol. The van der Waals surface area contributed by atoms with E-state index in [4.69, 9.17) is 14.2 Å². The summed E-state index contributed by atoms with van der Waals surface area (Å²) in [6, 6.07) is 8.26. The molecule has 0 spiro atoms. The second-order valence-corrected chi connectivity index (χ2v) is 13.7. The fourth-order valence-electron chi connectivity index (χ4n) is 2.91. The van der Waals surface area contributed by atoms with Gasteiger partial charge in [-0.25, -0.2) is 14.5 Å². The Balaban J connectivity index is 2.13. The predicted octanol–water partition coefficient (Wildman–Crippen LogP) is 2.59. The minimum atomic E-state index is -1.45. The molecule has 9 heteroatoms. The number of rotatable bonds is 7. The van der Waals surface area contributed by atoms with Crippen molar-refractivity contribution < 1.29 is 33.4 Å². The summed E-state index contributed by atoms with van der Waals surface area (Å²) in [7, 11) is -0.289. The number of nitrogens with zero attached hydrogens (tertiary/aromatic N) is 1. The summed E-state index contributed by atoms with van der Waals surface area (Å²) in [6.45, 7) is 6.49.